The van der Waals surface area contributed by atoms with Gasteiger partial charge in [0, 0.05) is 13.1 Å². The predicted octanol–water partition coefficient (Wildman–Crippen LogP) is -0.523. The van der Waals surface area contributed by atoms with Crippen molar-refractivity contribution in [2.45, 2.75) is 31.7 Å². The van der Waals surface area contributed by atoms with Crippen LogP contribution in [0, 0.1) is 0 Å². The maximum atomic E-state index is 12.1. The van der Waals surface area contributed by atoms with Crippen LogP contribution < -0.4 is 10.6 Å². The van der Waals surface area contributed by atoms with Crippen molar-refractivity contribution >= 4 is 11.8 Å². The standard InChI is InChI=1S/C11H19N3O2/c15-10-8-14(7-3-6-13-10)11(16)9-4-1-2-5-12-9/h9,12H,1-8H2,(H,13,15)/t9-/m1/s1. The number of carbonyl (C=O) groups is 2. The van der Waals surface area contributed by atoms with Gasteiger partial charge in [-0.25, -0.2) is 0 Å². The van der Waals surface area contributed by atoms with Gasteiger partial charge in [-0.05, 0) is 25.8 Å². The fourth-order valence-corrected chi connectivity index (χ4v) is 2.28. The molecule has 2 amide bonds. The zero-order chi connectivity index (χ0) is 11.4. The summed E-state index contributed by atoms with van der Waals surface area (Å²) in [6.45, 7) is 2.50. The van der Waals surface area contributed by atoms with E-state index in [1.54, 1.807) is 4.90 Å². The van der Waals surface area contributed by atoms with Crippen molar-refractivity contribution in [1.82, 2.24) is 15.5 Å². The van der Waals surface area contributed by atoms with E-state index in [1.807, 2.05) is 0 Å². The first-order chi connectivity index (χ1) is 7.77. The fraction of sp³-hybridized carbons (Fsp3) is 0.818. The van der Waals surface area contributed by atoms with Gasteiger partial charge in [-0.15, -0.1) is 0 Å². The molecule has 2 saturated heterocycles. The number of carbonyl (C=O) groups excluding carboxylic acids is 2. The Morgan fingerprint density at radius 1 is 1.25 bits per heavy atom. The van der Waals surface area contributed by atoms with E-state index in [0.29, 0.717) is 13.1 Å². The molecule has 0 aromatic rings. The van der Waals surface area contributed by atoms with Gasteiger partial charge in [0.25, 0.3) is 0 Å². The maximum Gasteiger partial charge on any atom is 0.240 e. The summed E-state index contributed by atoms with van der Waals surface area (Å²) in [6, 6.07) is -0.0698. The van der Waals surface area contributed by atoms with Crippen molar-refractivity contribution < 1.29 is 9.59 Å². The number of hydrogen-bond acceptors (Lipinski definition) is 3. The fourth-order valence-electron chi connectivity index (χ4n) is 2.28. The number of nitrogens with zero attached hydrogens (tertiary/aromatic N) is 1. The number of piperidine rings is 1. The van der Waals surface area contributed by atoms with Gasteiger partial charge in [0.05, 0.1) is 12.6 Å². The SMILES string of the molecule is O=C1CN(C(=O)[C@H]2CCCCN2)CCCN1. The highest BCUT2D eigenvalue weighted by Crippen LogP contribution is 2.10. The van der Waals surface area contributed by atoms with E-state index >= 15 is 0 Å². The molecule has 1 atom stereocenters. The molecule has 16 heavy (non-hydrogen) atoms. The molecule has 2 heterocycles. The average molecular weight is 225 g/mol. The molecule has 2 aliphatic rings. The van der Waals surface area contributed by atoms with Crippen LogP contribution in [0.2, 0.25) is 0 Å². The molecule has 0 unspecified atom stereocenters. The quantitative estimate of drug-likeness (QED) is 0.631. The molecule has 0 aromatic carbocycles. The summed E-state index contributed by atoms with van der Waals surface area (Å²) in [5.41, 5.74) is 0. The van der Waals surface area contributed by atoms with Gasteiger partial charge in [0.1, 0.15) is 0 Å². The lowest BCUT2D eigenvalue weighted by molar-refractivity contribution is -0.137. The third-order valence-corrected chi connectivity index (χ3v) is 3.18. The Kier molecular flexibility index (Phi) is 3.77. The van der Waals surface area contributed by atoms with Gasteiger partial charge in [-0.1, -0.05) is 6.42 Å². The van der Waals surface area contributed by atoms with E-state index in [0.717, 1.165) is 32.2 Å². The molecular weight excluding hydrogens is 206 g/mol. The minimum absolute atomic E-state index is 0.0401. The summed E-state index contributed by atoms with van der Waals surface area (Å²) in [6.07, 6.45) is 3.99. The zero-order valence-electron chi connectivity index (χ0n) is 9.50. The molecule has 0 aliphatic carbocycles. The van der Waals surface area contributed by atoms with Crippen LogP contribution in [0.3, 0.4) is 0 Å². The lowest BCUT2D eigenvalue weighted by atomic mass is 10.0. The third-order valence-electron chi connectivity index (χ3n) is 3.18. The van der Waals surface area contributed by atoms with Crippen molar-refractivity contribution in [3.8, 4) is 0 Å². The lowest BCUT2D eigenvalue weighted by Crippen LogP contribution is -2.50. The average Bonchev–Trinajstić information content (AvgIpc) is 2.54. The van der Waals surface area contributed by atoms with E-state index in [2.05, 4.69) is 10.6 Å². The maximum absolute atomic E-state index is 12.1. The van der Waals surface area contributed by atoms with Crippen molar-refractivity contribution in [2.75, 3.05) is 26.2 Å². The molecule has 2 rings (SSSR count). The van der Waals surface area contributed by atoms with Crippen molar-refractivity contribution in [2.24, 2.45) is 0 Å². The molecular formula is C11H19N3O2. The van der Waals surface area contributed by atoms with Crippen LogP contribution in [-0.2, 0) is 9.59 Å². The van der Waals surface area contributed by atoms with Crippen LogP contribution in [0.15, 0.2) is 0 Å². The highest BCUT2D eigenvalue weighted by molar-refractivity contribution is 5.87. The molecule has 0 bridgehead atoms. The van der Waals surface area contributed by atoms with Crippen LogP contribution in [0.1, 0.15) is 25.7 Å². The molecule has 0 saturated carbocycles. The van der Waals surface area contributed by atoms with E-state index in [9.17, 15) is 9.59 Å². The summed E-state index contributed by atoms with van der Waals surface area (Å²) in [7, 11) is 0. The second-order valence-corrected chi connectivity index (χ2v) is 4.47. The minimum atomic E-state index is -0.0698. The topological polar surface area (TPSA) is 61.4 Å². The molecule has 2 fully saturated rings. The smallest absolute Gasteiger partial charge is 0.240 e. The summed E-state index contributed by atoms with van der Waals surface area (Å²) in [4.78, 5) is 25.2. The van der Waals surface area contributed by atoms with Crippen molar-refractivity contribution in [3.63, 3.8) is 0 Å². The summed E-state index contributed by atoms with van der Waals surface area (Å²) >= 11 is 0. The van der Waals surface area contributed by atoms with Gasteiger partial charge < -0.3 is 15.5 Å². The van der Waals surface area contributed by atoms with Crippen LogP contribution in [-0.4, -0.2) is 48.9 Å². The molecule has 0 radical (unpaired) electrons. The summed E-state index contributed by atoms with van der Waals surface area (Å²) in [5.74, 6) is 0.0541. The molecule has 5 heteroatoms. The van der Waals surface area contributed by atoms with Crippen molar-refractivity contribution in [3.05, 3.63) is 0 Å². The Hall–Kier alpha value is -1.10. The molecule has 2 aliphatic heterocycles. The lowest BCUT2D eigenvalue weighted by Gasteiger charge is -2.28. The van der Waals surface area contributed by atoms with Crippen LogP contribution >= 0.6 is 0 Å². The second kappa shape index (κ2) is 5.30. The van der Waals surface area contributed by atoms with Gasteiger partial charge in [0.2, 0.25) is 11.8 Å². The molecule has 0 spiro atoms. The van der Waals surface area contributed by atoms with E-state index in [4.69, 9.17) is 0 Å². The highest BCUT2D eigenvalue weighted by atomic mass is 16.2. The van der Waals surface area contributed by atoms with Gasteiger partial charge in [-0.2, -0.15) is 0 Å². The Labute approximate surface area is 95.6 Å². The largest absolute Gasteiger partial charge is 0.354 e. The second-order valence-electron chi connectivity index (χ2n) is 4.47. The van der Waals surface area contributed by atoms with Crippen LogP contribution in [0.25, 0.3) is 0 Å². The van der Waals surface area contributed by atoms with E-state index < -0.39 is 0 Å². The first kappa shape index (κ1) is 11.4. The summed E-state index contributed by atoms with van der Waals surface area (Å²) < 4.78 is 0. The highest BCUT2D eigenvalue weighted by Gasteiger charge is 2.27. The van der Waals surface area contributed by atoms with Crippen molar-refractivity contribution in [1.29, 1.82) is 0 Å². The first-order valence-corrected chi connectivity index (χ1v) is 6.06. The number of nitrogens with one attached hydrogen (secondary N) is 2. The Bertz CT molecular complexity index is 274. The first-order valence-electron chi connectivity index (χ1n) is 6.06. The van der Waals surface area contributed by atoms with Crippen LogP contribution in [0.5, 0.6) is 0 Å². The van der Waals surface area contributed by atoms with Crippen LogP contribution in [0.4, 0.5) is 0 Å². The number of amides is 2. The zero-order valence-corrected chi connectivity index (χ0v) is 9.50. The monoisotopic (exact) mass is 225 g/mol. The van der Waals surface area contributed by atoms with E-state index in [-0.39, 0.29) is 24.4 Å². The summed E-state index contributed by atoms with van der Waals surface area (Å²) in [5, 5.41) is 6.01. The van der Waals surface area contributed by atoms with E-state index in [1.165, 1.54) is 0 Å². The Morgan fingerprint density at radius 2 is 2.12 bits per heavy atom. The Balaban J connectivity index is 1.93. The molecule has 5 nitrogen and oxygen atoms in total. The van der Waals surface area contributed by atoms with Gasteiger partial charge in [0.15, 0.2) is 0 Å². The third kappa shape index (κ3) is 2.72. The molecule has 0 aromatic heterocycles. The Morgan fingerprint density at radius 3 is 2.88 bits per heavy atom. The number of hydrogen-bond donors (Lipinski definition) is 2. The van der Waals surface area contributed by atoms with Gasteiger partial charge in [-0.3, -0.25) is 9.59 Å². The number of rotatable bonds is 1. The van der Waals surface area contributed by atoms with Gasteiger partial charge >= 0.3 is 0 Å². The predicted molar refractivity (Wildman–Crippen MR) is 59.8 cm³/mol. The minimum Gasteiger partial charge on any atom is -0.354 e. The molecule has 2 N–H and O–H groups in total. The normalized spacial score (nSPS) is 27.1. The molecule has 90 valence electrons.